The highest BCUT2D eigenvalue weighted by Crippen LogP contribution is 2.29. The van der Waals surface area contributed by atoms with E-state index in [-0.39, 0.29) is 5.82 Å². The Hall–Kier alpha value is -1.92. The van der Waals surface area contributed by atoms with Crippen LogP contribution >= 0.6 is 11.8 Å². The number of halogens is 1. The molecule has 0 saturated heterocycles. The number of benzene rings is 1. The van der Waals surface area contributed by atoms with Crippen molar-refractivity contribution in [1.29, 1.82) is 0 Å². The van der Waals surface area contributed by atoms with Gasteiger partial charge in [-0.1, -0.05) is 12.1 Å². The van der Waals surface area contributed by atoms with Gasteiger partial charge >= 0.3 is 0 Å². The van der Waals surface area contributed by atoms with Gasteiger partial charge in [-0.3, -0.25) is 4.40 Å². The van der Waals surface area contributed by atoms with Crippen LogP contribution in [0.3, 0.4) is 0 Å². The zero-order valence-electron chi connectivity index (χ0n) is 10.9. The summed E-state index contributed by atoms with van der Waals surface area (Å²) in [7, 11) is 1.84. The Balaban J connectivity index is 1.91. The highest BCUT2D eigenvalue weighted by molar-refractivity contribution is 7.99. The van der Waals surface area contributed by atoms with E-state index in [1.165, 1.54) is 11.8 Å². The third kappa shape index (κ3) is 2.52. The molecule has 2 aromatic heterocycles. The molecule has 102 valence electrons. The first-order valence-corrected chi connectivity index (χ1v) is 7.00. The van der Waals surface area contributed by atoms with Crippen LogP contribution in [0, 0.1) is 5.82 Å². The molecule has 0 aliphatic rings. The molecule has 4 nitrogen and oxygen atoms in total. The van der Waals surface area contributed by atoms with Gasteiger partial charge in [-0.15, -0.1) is 10.2 Å². The van der Waals surface area contributed by atoms with E-state index in [9.17, 15) is 4.39 Å². The summed E-state index contributed by atoms with van der Waals surface area (Å²) >= 11 is 1.27. The van der Waals surface area contributed by atoms with Gasteiger partial charge in [0.05, 0.1) is 4.90 Å². The molecule has 0 amide bonds. The summed E-state index contributed by atoms with van der Waals surface area (Å²) in [6.07, 6.45) is 1.87. The van der Waals surface area contributed by atoms with Gasteiger partial charge in [-0.2, -0.15) is 0 Å². The van der Waals surface area contributed by atoms with Crippen molar-refractivity contribution in [2.24, 2.45) is 0 Å². The van der Waals surface area contributed by atoms with E-state index in [4.69, 9.17) is 0 Å². The predicted molar refractivity (Wildman–Crippen MR) is 76.3 cm³/mol. The molecule has 0 radical (unpaired) electrons. The van der Waals surface area contributed by atoms with E-state index >= 15 is 0 Å². The van der Waals surface area contributed by atoms with Gasteiger partial charge in [0.2, 0.25) is 5.16 Å². The standard InChI is InChI=1S/C14H13FN4S/c1-16-9-10-5-6-12(11(15)8-10)20-14-18-17-13-4-2-3-7-19(13)14/h2-8,16H,9H2,1H3. The highest BCUT2D eigenvalue weighted by atomic mass is 32.2. The van der Waals surface area contributed by atoms with Crippen LogP contribution in [0.5, 0.6) is 0 Å². The molecule has 0 unspecified atom stereocenters. The number of aromatic nitrogens is 3. The van der Waals surface area contributed by atoms with Gasteiger partial charge < -0.3 is 5.32 Å². The number of nitrogens with one attached hydrogen (secondary N) is 1. The van der Waals surface area contributed by atoms with Crippen molar-refractivity contribution in [3.63, 3.8) is 0 Å². The zero-order valence-corrected chi connectivity index (χ0v) is 11.7. The van der Waals surface area contributed by atoms with Gasteiger partial charge in [0.1, 0.15) is 5.82 Å². The molecule has 20 heavy (non-hydrogen) atoms. The lowest BCUT2D eigenvalue weighted by molar-refractivity contribution is 0.597. The zero-order chi connectivity index (χ0) is 13.9. The lowest BCUT2D eigenvalue weighted by Gasteiger charge is -2.05. The Labute approximate surface area is 120 Å². The van der Waals surface area contributed by atoms with Crippen LogP contribution in [0.15, 0.2) is 52.6 Å². The summed E-state index contributed by atoms with van der Waals surface area (Å²) in [6, 6.07) is 10.9. The van der Waals surface area contributed by atoms with Crippen molar-refractivity contribution in [2.45, 2.75) is 16.6 Å². The summed E-state index contributed by atoms with van der Waals surface area (Å²) in [5.74, 6) is -0.240. The summed E-state index contributed by atoms with van der Waals surface area (Å²) < 4.78 is 15.9. The monoisotopic (exact) mass is 288 g/mol. The van der Waals surface area contributed by atoms with Crippen molar-refractivity contribution in [1.82, 2.24) is 19.9 Å². The first-order chi connectivity index (χ1) is 9.78. The SMILES string of the molecule is CNCc1ccc(Sc2nnc3ccccn23)c(F)c1. The number of pyridine rings is 1. The maximum absolute atomic E-state index is 14.1. The van der Waals surface area contributed by atoms with Gasteiger partial charge in [-0.25, -0.2) is 4.39 Å². The quantitative estimate of drug-likeness (QED) is 0.801. The molecule has 1 aromatic carbocycles. The van der Waals surface area contributed by atoms with E-state index in [1.54, 1.807) is 12.1 Å². The van der Waals surface area contributed by atoms with Crippen molar-refractivity contribution in [3.8, 4) is 0 Å². The molecule has 0 spiro atoms. The minimum atomic E-state index is -0.240. The summed E-state index contributed by atoms with van der Waals surface area (Å²) in [6.45, 7) is 0.649. The Morgan fingerprint density at radius 1 is 1.25 bits per heavy atom. The van der Waals surface area contributed by atoms with E-state index in [1.807, 2.05) is 41.9 Å². The molecule has 2 heterocycles. The minimum Gasteiger partial charge on any atom is -0.316 e. The highest BCUT2D eigenvalue weighted by Gasteiger charge is 2.10. The molecule has 3 rings (SSSR count). The average Bonchev–Trinajstić information content (AvgIpc) is 2.86. The number of fused-ring (bicyclic) bond motifs is 1. The van der Waals surface area contributed by atoms with Crippen LogP contribution in [0.2, 0.25) is 0 Å². The Morgan fingerprint density at radius 3 is 2.95 bits per heavy atom. The Kier molecular flexibility index (Phi) is 3.66. The van der Waals surface area contributed by atoms with Crippen molar-refractivity contribution in [3.05, 3.63) is 54.0 Å². The maximum atomic E-state index is 14.1. The normalized spacial score (nSPS) is 11.1. The maximum Gasteiger partial charge on any atom is 0.200 e. The second-order valence-corrected chi connectivity index (χ2v) is 5.32. The fraction of sp³-hybridized carbons (Fsp3) is 0.143. The Morgan fingerprint density at radius 2 is 2.15 bits per heavy atom. The number of hydrogen-bond donors (Lipinski definition) is 1. The minimum absolute atomic E-state index is 0.240. The Bertz CT molecular complexity index is 741. The van der Waals surface area contributed by atoms with Crippen molar-refractivity contribution in [2.75, 3.05) is 7.05 Å². The number of rotatable bonds is 4. The van der Waals surface area contributed by atoms with E-state index in [0.29, 0.717) is 16.6 Å². The summed E-state index contributed by atoms with van der Waals surface area (Å²) in [4.78, 5) is 0.544. The molecule has 0 atom stereocenters. The van der Waals surface area contributed by atoms with E-state index in [0.717, 1.165) is 11.2 Å². The van der Waals surface area contributed by atoms with Gasteiger partial charge in [0, 0.05) is 12.7 Å². The first kappa shape index (κ1) is 13.1. The van der Waals surface area contributed by atoms with Crippen molar-refractivity contribution < 1.29 is 4.39 Å². The van der Waals surface area contributed by atoms with Gasteiger partial charge in [0.15, 0.2) is 5.65 Å². The molecular weight excluding hydrogens is 275 g/mol. The summed E-state index contributed by atoms with van der Waals surface area (Å²) in [5.41, 5.74) is 1.67. The fourth-order valence-electron chi connectivity index (χ4n) is 1.93. The molecular formula is C14H13FN4S. The predicted octanol–water partition coefficient (Wildman–Crippen LogP) is 2.74. The van der Waals surface area contributed by atoms with Crippen LogP contribution in [-0.4, -0.2) is 21.6 Å². The molecule has 0 fully saturated rings. The van der Waals surface area contributed by atoms with Gasteiger partial charge in [-0.05, 0) is 48.6 Å². The summed E-state index contributed by atoms with van der Waals surface area (Å²) in [5, 5.41) is 11.8. The third-order valence-corrected chi connectivity index (χ3v) is 3.87. The topological polar surface area (TPSA) is 42.2 Å². The largest absolute Gasteiger partial charge is 0.316 e. The third-order valence-electron chi connectivity index (χ3n) is 2.86. The van der Waals surface area contributed by atoms with Crippen LogP contribution in [0.1, 0.15) is 5.56 Å². The fourth-order valence-corrected chi connectivity index (χ4v) is 2.75. The lowest BCUT2D eigenvalue weighted by atomic mass is 10.2. The molecule has 0 aliphatic carbocycles. The molecule has 0 saturated carbocycles. The lowest BCUT2D eigenvalue weighted by Crippen LogP contribution is -2.05. The smallest absolute Gasteiger partial charge is 0.200 e. The first-order valence-electron chi connectivity index (χ1n) is 6.18. The molecule has 1 N–H and O–H groups in total. The average molecular weight is 288 g/mol. The molecule has 3 aromatic rings. The second-order valence-electron chi connectivity index (χ2n) is 4.31. The molecule has 0 aliphatic heterocycles. The molecule has 6 heteroatoms. The van der Waals surface area contributed by atoms with Crippen LogP contribution in [0.25, 0.3) is 5.65 Å². The number of nitrogens with zero attached hydrogens (tertiary/aromatic N) is 3. The van der Waals surface area contributed by atoms with Crippen LogP contribution in [-0.2, 0) is 6.54 Å². The van der Waals surface area contributed by atoms with Gasteiger partial charge in [0.25, 0.3) is 0 Å². The second kappa shape index (κ2) is 5.60. The van der Waals surface area contributed by atoms with Crippen LogP contribution in [0.4, 0.5) is 4.39 Å². The van der Waals surface area contributed by atoms with Crippen LogP contribution < -0.4 is 5.32 Å². The van der Waals surface area contributed by atoms with E-state index < -0.39 is 0 Å². The molecule has 0 bridgehead atoms. The number of hydrogen-bond acceptors (Lipinski definition) is 4. The van der Waals surface area contributed by atoms with E-state index in [2.05, 4.69) is 15.5 Å². The van der Waals surface area contributed by atoms with Crippen molar-refractivity contribution >= 4 is 17.4 Å².